The summed E-state index contributed by atoms with van der Waals surface area (Å²) >= 11 is 3.42. The minimum Gasteiger partial charge on any atom is -0.375 e. The molecule has 5 nitrogen and oxygen atoms in total. The Morgan fingerprint density at radius 1 is 1.27 bits per heavy atom. The van der Waals surface area contributed by atoms with Crippen LogP contribution in [-0.2, 0) is 11.3 Å². The van der Waals surface area contributed by atoms with E-state index < -0.39 is 0 Å². The van der Waals surface area contributed by atoms with Crippen LogP contribution in [0.3, 0.4) is 0 Å². The Bertz CT molecular complexity index is 757. The average molecular weight is 361 g/mol. The first-order valence-corrected chi connectivity index (χ1v) is 7.89. The Hall–Kier alpha value is -1.92. The van der Waals surface area contributed by atoms with Crippen molar-refractivity contribution in [3.05, 3.63) is 58.6 Å². The molecule has 1 aromatic carbocycles. The van der Waals surface area contributed by atoms with Crippen molar-refractivity contribution in [2.45, 2.75) is 13.5 Å². The van der Waals surface area contributed by atoms with Crippen LogP contribution in [0.4, 0.5) is 5.82 Å². The van der Waals surface area contributed by atoms with Crippen molar-refractivity contribution in [3.63, 3.8) is 0 Å². The molecule has 0 aliphatic heterocycles. The Balaban J connectivity index is 1.56. The van der Waals surface area contributed by atoms with Gasteiger partial charge < -0.3 is 10.1 Å². The van der Waals surface area contributed by atoms with Crippen molar-refractivity contribution >= 4 is 27.4 Å². The smallest absolute Gasteiger partial charge is 0.180 e. The van der Waals surface area contributed by atoms with Gasteiger partial charge in [-0.05, 0) is 28.4 Å². The van der Waals surface area contributed by atoms with E-state index in [0.717, 1.165) is 21.8 Å². The molecule has 1 N–H and O–H groups in total. The number of hydrogen-bond acceptors (Lipinski definition) is 4. The number of anilines is 1. The van der Waals surface area contributed by atoms with E-state index >= 15 is 0 Å². The van der Waals surface area contributed by atoms with E-state index in [0.29, 0.717) is 19.8 Å². The quantitative estimate of drug-likeness (QED) is 0.684. The van der Waals surface area contributed by atoms with E-state index in [2.05, 4.69) is 43.3 Å². The van der Waals surface area contributed by atoms with Crippen molar-refractivity contribution in [3.8, 4) is 0 Å². The molecule has 22 heavy (non-hydrogen) atoms. The van der Waals surface area contributed by atoms with Crippen molar-refractivity contribution in [1.82, 2.24) is 14.4 Å². The van der Waals surface area contributed by atoms with Gasteiger partial charge in [0.1, 0.15) is 4.60 Å². The molecular weight excluding hydrogens is 344 g/mol. The van der Waals surface area contributed by atoms with Crippen molar-refractivity contribution in [1.29, 1.82) is 0 Å². The summed E-state index contributed by atoms with van der Waals surface area (Å²) in [6.45, 7) is 3.91. The summed E-state index contributed by atoms with van der Waals surface area (Å²) in [6, 6.07) is 10.1. The lowest BCUT2D eigenvalue weighted by Crippen LogP contribution is -2.11. The van der Waals surface area contributed by atoms with Crippen LogP contribution in [0.5, 0.6) is 0 Å². The number of nitrogens with zero attached hydrogens (tertiary/aromatic N) is 3. The molecule has 0 aliphatic rings. The first kappa shape index (κ1) is 15.0. The predicted octanol–water partition coefficient (Wildman–Crippen LogP) is 3.43. The second-order valence-electron chi connectivity index (χ2n) is 4.97. The molecule has 2 aromatic heterocycles. The Morgan fingerprint density at radius 2 is 2.09 bits per heavy atom. The van der Waals surface area contributed by atoms with Gasteiger partial charge in [0.2, 0.25) is 0 Å². The molecule has 0 saturated carbocycles. The first-order valence-electron chi connectivity index (χ1n) is 7.10. The number of benzene rings is 1. The molecule has 0 radical (unpaired) electrons. The van der Waals surface area contributed by atoms with E-state index in [1.807, 2.05) is 41.9 Å². The van der Waals surface area contributed by atoms with Crippen LogP contribution in [0, 0.1) is 6.92 Å². The fourth-order valence-corrected chi connectivity index (χ4v) is 2.58. The van der Waals surface area contributed by atoms with Gasteiger partial charge in [-0.1, -0.05) is 30.3 Å². The van der Waals surface area contributed by atoms with Crippen LogP contribution in [0.1, 0.15) is 11.3 Å². The highest BCUT2D eigenvalue weighted by atomic mass is 79.9. The van der Waals surface area contributed by atoms with Gasteiger partial charge >= 0.3 is 0 Å². The Morgan fingerprint density at radius 3 is 2.91 bits per heavy atom. The van der Waals surface area contributed by atoms with Crippen LogP contribution in [0.15, 0.2) is 47.3 Å². The van der Waals surface area contributed by atoms with Crippen LogP contribution < -0.4 is 5.32 Å². The molecule has 0 amide bonds. The average Bonchev–Trinajstić information content (AvgIpc) is 2.89. The lowest BCUT2D eigenvalue weighted by molar-refractivity contribution is 0.130. The molecule has 3 rings (SSSR count). The maximum atomic E-state index is 5.66. The SMILES string of the molecule is Cc1cnc2c(NCCOCc3ccccc3)nc(Br)cn12. The van der Waals surface area contributed by atoms with Gasteiger partial charge in [-0.3, -0.25) is 4.40 Å². The number of nitrogens with one attached hydrogen (secondary N) is 1. The molecular formula is C16H17BrN4O. The van der Waals surface area contributed by atoms with Gasteiger partial charge in [-0.25, -0.2) is 9.97 Å². The number of rotatable bonds is 6. The lowest BCUT2D eigenvalue weighted by atomic mass is 10.2. The van der Waals surface area contributed by atoms with E-state index in [1.54, 1.807) is 0 Å². The molecule has 0 atom stereocenters. The van der Waals surface area contributed by atoms with Gasteiger partial charge in [-0.15, -0.1) is 0 Å². The lowest BCUT2D eigenvalue weighted by Gasteiger charge is -2.09. The topological polar surface area (TPSA) is 51.5 Å². The number of imidazole rings is 1. The van der Waals surface area contributed by atoms with Crippen LogP contribution >= 0.6 is 15.9 Å². The zero-order valence-electron chi connectivity index (χ0n) is 12.3. The van der Waals surface area contributed by atoms with Crippen molar-refractivity contribution in [2.24, 2.45) is 0 Å². The third kappa shape index (κ3) is 3.45. The number of halogens is 1. The highest BCUT2D eigenvalue weighted by Gasteiger charge is 2.08. The highest BCUT2D eigenvalue weighted by molar-refractivity contribution is 9.10. The second-order valence-corrected chi connectivity index (χ2v) is 5.78. The third-order valence-corrected chi connectivity index (χ3v) is 3.68. The maximum Gasteiger partial charge on any atom is 0.180 e. The Kier molecular flexibility index (Phi) is 4.70. The molecule has 114 valence electrons. The van der Waals surface area contributed by atoms with Gasteiger partial charge in [0.15, 0.2) is 11.5 Å². The molecule has 6 heteroatoms. The molecule has 3 aromatic rings. The summed E-state index contributed by atoms with van der Waals surface area (Å²) in [4.78, 5) is 8.82. The zero-order chi connectivity index (χ0) is 15.4. The molecule has 0 saturated heterocycles. The Labute approximate surface area is 137 Å². The van der Waals surface area contributed by atoms with Gasteiger partial charge in [0, 0.05) is 24.6 Å². The summed E-state index contributed by atoms with van der Waals surface area (Å²) in [5, 5.41) is 3.28. The van der Waals surface area contributed by atoms with Gasteiger partial charge in [-0.2, -0.15) is 0 Å². The third-order valence-electron chi connectivity index (χ3n) is 3.30. The molecule has 0 fully saturated rings. The van der Waals surface area contributed by atoms with Crippen LogP contribution in [0.2, 0.25) is 0 Å². The van der Waals surface area contributed by atoms with E-state index in [9.17, 15) is 0 Å². The second kappa shape index (κ2) is 6.89. The summed E-state index contributed by atoms with van der Waals surface area (Å²) in [5.41, 5.74) is 3.07. The normalized spacial score (nSPS) is 11.0. The number of aromatic nitrogens is 3. The molecule has 0 aliphatic carbocycles. The number of ether oxygens (including phenoxy) is 1. The number of fused-ring (bicyclic) bond motifs is 1. The molecule has 0 unspecified atom stereocenters. The fraction of sp³-hybridized carbons (Fsp3) is 0.250. The van der Waals surface area contributed by atoms with Crippen molar-refractivity contribution < 1.29 is 4.74 Å². The van der Waals surface area contributed by atoms with Crippen LogP contribution in [-0.4, -0.2) is 27.5 Å². The highest BCUT2D eigenvalue weighted by Crippen LogP contribution is 2.18. The molecule has 0 bridgehead atoms. The minimum atomic E-state index is 0.606. The number of hydrogen-bond donors (Lipinski definition) is 1. The monoisotopic (exact) mass is 360 g/mol. The number of aryl methyl sites for hydroxylation is 1. The van der Waals surface area contributed by atoms with Crippen LogP contribution in [0.25, 0.3) is 5.65 Å². The molecule has 0 spiro atoms. The fourth-order valence-electron chi connectivity index (χ4n) is 2.20. The first-order chi connectivity index (χ1) is 10.7. The summed E-state index contributed by atoms with van der Waals surface area (Å²) < 4.78 is 8.44. The zero-order valence-corrected chi connectivity index (χ0v) is 13.9. The van der Waals surface area contributed by atoms with E-state index in [1.165, 1.54) is 5.56 Å². The maximum absolute atomic E-state index is 5.66. The summed E-state index contributed by atoms with van der Waals surface area (Å²) in [6.07, 6.45) is 3.75. The van der Waals surface area contributed by atoms with Crippen molar-refractivity contribution in [2.75, 3.05) is 18.5 Å². The van der Waals surface area contributed by atoms with Gasteiger partial charge in [0.05, 0.1) is 13.2 Å². The van der Waals surface area contributed by atoms with E-state index in [4.69, 9.17) is 4.74 Å². The molecule has 2 heterocycles. The largest absolute Gasteiger partial charge is 0.375 e. The predicted molar refractivity (Wildman–Crippen MR) is 90.0 cm³/mol. The van der Waals surface area contributed by atoms with E-state index in [-0.39, 0.29) is 0 Å². The standard InChI is InChI=1S/C16H17BrN4O/c1-12-9-19-16-15(20-14(17)10-21(12)16)18-7-8-22-11-13-5-3-2-4-6-13/h2-6,9-10H,7-8,11H2,1H3,(H,18,20). The minimum absolute atomic E-state index is 0.606. The summed E-state index contributed by atoms with van der Waals surface area (Å²) in [7, 11) is 0. The van der Waals surface area contributed by atoms with Gasteiger partial charge in [0.25, 0.3) is 0 Å². The summed E-state index contributed by atoms with van der Waals surface area (Å²) in [5.74, 6) is 0.755.